The fourth-order valence-electron chi connectivity index (χ4n) is 3.84. The number of esters is 1. The minimum absolute atomic E-state index is 0.0146. The molecule has 12 heteroatoms. The van der Waals surface area contributed by atoms with Crippen LogP contribution in [0.5, 0.6) is 0 Å². The highest BCUT2D eigenvalue weighted by atomic mass is 32.2. The summed E-state index contributed by atoms with van der Waals surface area (Å²) in [5.41, 5.74) is -0.304. The lowest BCUT2D eigenvalue weighted by molar-refractivity contribution is -0.137. The number of pyridine rings is 1. The van der Waals surface area contributed by atoms with Crippen LogP contribution in [0.3, 0.4) is 0 Å². The van der Waals surface area contributed by atoms with Gasteiger partial charge >= 0.3 is 12.1 Å². The van der Waals surface area contributed by atoms with Gasteiger partial charge in [-0.2, -0.15) is 18.4 Å². The lowest BCUT2D eigenvalue weighted by Crippen LogP contribution is -2.15. The van der Waals surface area contributed by atoms with Gasteiger partial charge in [-0.25, -0.2) is 18.2 Å². The summed E-state index contributed by atoms with van der Waals surface area (Å²) < 4.78 is 71.1. The van der Waals surface area contributed by atoms with Crippen molar-refractivity contribution in [1.82, 2.24) is 9.38 Å². The Morgan fingerprint density at radius 2 is 2.00 bits per heavy atom. The molecule has 0 aliphatic heterocycles. The SMILES string of the molecule is CCS(=O)(=O)c1c(NCc2ccc(C3(C#N)CC3)cc2C(=O)OC)nc2ccc(C(F)(F)F)cn12. The summed E-state index contributed by atoms with van der Waals surface area (Å²) >= 11 is 0. The van der Waals surface area contributed by atoms with E-state index < -0.39 is 38.0 Å². The van der Waals surface area contributed by atoms with E-state index in [9.17, 15) is 31.6 Å². The van der Waals surface area contributed by atoms with Crippen molar-refractivity contribution < 1.29 is 31.1 Å². The summed E-state index contributed by atoms with van der Waals surface area (Å²) in [4.78, 5) is 16.6. The van der Waals surface area contributed by atoms with E-state index in [1.165, 1.54) is 14.0 Å². The average Bonchev–Trinajstić information content (AvgIpc) is 3.54. The third kappa shape index (κ3) is 4.43. The topological polar surface area (TPSA) is 114 Å². The van der Waals surface area contributed by atoms with E-state index in [0.29, 0.717) is 30.2 Å². The van der Waals surface area contributed by atoms with Crippen molar-refractivity contribution in [3.8, 4) is 6.07 Å². The summed E-state index contributed by atoms with van der Waals surface area (Å²) in [6.45, 7) is 1.32. The fourth-order valence-corrected chi connectivity index (χ4v) is 4.97. The van der Waals surface area contributed by atoms with Crippen molar-refractivity contribution in [3.05, 3.63) is 58.8 Å². The molecule has 8 nitrogen and oxygen atoms in total. The number of nitrogens with one attached hydrogen (secondary N) is 1. The fraction of sp³-hybridized carbons (Fsp3) is 0.348. The minimum atomic E-state index is -4.67. The number of sulfone groups is 1. The largest absolute Gasteiger partial charge is 0.465 e. The van der Waals surface area contributed by atoms with E-state index in [-0.39, 0.29) is 29.3 Å². The number of imidazole rings is 1. The van der Waals surface area contributed by atoms with E-state index in [2.05, 4.69) is 16.4 Å². The number of hydrogen-bond acceptors (Lipinski definition) is 7. The number of rotatable bonds is 7. The number of carbonyl (C=O) groups is 1. The molecule has 0 amide bonds. The Bertz CT molecular complexity index is 1470. The molecular weight excluding hydrogens is 485 g/mol. The molecule has 4 rings (SSSR count). The number of nitrogens with zero attached hydrogens (tertiary/aromatic N) is 3. The predicted octanol–water partition coefficient (Wildman–Crippen LogP) is 4.10. The number of carbonyl (C=O) groups excluding carboxylic acids is 1. The van der Waals surface area contributed by atoms with Gasteiger partial charge in [-0.15, -0.1) is 0 Å². The molecule has 0 radical (unpaired) electrons. The van der Waals surface area contributed by atoms with Gasteiger partial charge in [0, 0.05) is 12.7 Å². The van der Waals surface area contributed by atoms with Crippen molar-refractivity contribution in [2.45, 2.75) is 42.9 Å². The van der Waals surface area contributed by atoms with E-state index in [4.69, 9.17) is 4.74 Å². The van der Waals surface area contributed by atoms with Crippen LogP contribution in [0.25, 0.3) is 5.65 Å². The third-order valence-corrected chi connectivity index (χ3v) is 7.79. The molecule has 0 unspecified atom stereocenters. The second-order valence-corrected chi connectivity index (χ2v) is 10.4. The molecule has 1 aliphatic carbocycles. The Kier molecular flexibility index (Phi) is 6.00. The van der Waals surface area contributed by atoms with Gasteiger partial charge in [0.05, 0.1) is 35.5 Å². The Morgan fingerprint density at radius 1 is 1.29 bits per heavy atom. The van der Waals surface area contributed by atoms with Crippen LogP contribution in [-0.4, -0.2) is 36.6 Å². The van der Waals surface area contributed by atoms with Crippen LogP contribution < -0.4 is 5.32 Å². The quantitative estimate of drug-likeness (QED) is 0.480. The molecule has 0 bridgehead atoms. The smallest absolute Gasteiger partial charge is 0.417 e. The minimum Gasteiger partial charge on any atom is -0.465 e. The first kappa shape index (κ1) is 24.5. The molecule has 1 N–H and O–H groups in total. The van der Waals surface area contributed by atoms with Crippen molar-refractivity contribution in [1.29, 1.82) is 5.26 Å². The molecule has 1 saturated carbocycles. The standard InChI is InChI=1S/C23H21F3N4O4S/c1-3-35(32,33)20-19(29-18-7-6-16(12-30(18)20)23(24,25)26)28-11-14-4-5-15(22(13-27)8-9-22)10-17(14)21(31)34-2/h4-7,10,12,28H,3,8-9,11H2,1-2H3. The number of benzene rings is 1. The number of aromatic nitrogens is 2. The molecule has 1 aromatic carbocycles. The van der Waals surface area contributed by atoms with Gasteiger partial charge in [-0.1, -0.05) is 19.1 Å². The molecule has 2 heterocycles. The van der Waals surface area contributed by atoms with Gasteiger partial charge < -0.3 is 10.1 Å². The zero-order valence-corrected chi connectivity index (χ0v) is 19.6. The van der Waals surface area contributed by atoms with Gasteiger partial charge in [-0.3, -0.25) is 4.40 Å². The molecule has 184 valence electrons. The van der Waals surface area contributed by atoms with E-state index in [0.717, 1.165) is 16.5 Å². The molecule has 3 aromatic rings. The lowest BCUT2D eigenvalue weighted by Gasteiger charge is -2.14. The molecule has 1 aliphatic rings. The maximum atomic E-state index is 13.2. The number of fused-ring (bicyclic) bond motifs is 1. The van der Waals surface area contributed by atoms with Crippen LogP contribution >= 0.6 is 0 Å². The normalized spacial score (nSPS) is 15.0. The maximum Gasteiger partial charge on any atom is 0.417 e. The van der Waals surface area contributed by atoms with Gasteiger partial charge in [0.1, 0.15) is 5.65 Å². The number of alkyl halides is 3. The number of nitriles is 1. The third-order valence-electron chi connectivity index (χ3n) is 6.05. The first-order valence-electron chi connectivity index (χ1n) is 10.6. The van der Waals surface area contributed by atoms with Crippen LogP contribution in [0.4, 0.5) is 19.0 Å². The Balaban J connectivity index is 1.76. The lowest BCUT2D eigenvalue weighted by atomic mass is 9.93. The van der Waals surface area contributed by atoms with Crippen LogP contribution in [-0.2, 0) is 32.7 Å². The second-order valence-electron chi connectivity index (χ2n) is 8.22. The van der Waals surface area contributed by atoms with Crippen molar-refractivity contribution in [2.24, 2.45) is 0 Å². The highest BCUT2D eigenvalue weighted by Gasteiger charge is 2.45. The van der Waals surface area contributed by atoms with Crippen LogP contribution in [0, 0.1) is 11.3 Å². The summed E-state index contributed by atoms with van der Waals surface area (Å²) in [5.74, 6) is -1.13. The van der Waals surface area contributed by atoms with Crippen molar-refractivity contribution in [2.75, 3.05) is 18.2 Å². The van der Waals surface area contributed by atoms with E-state index >= 15 is 0 Å². The van der Waals surface area contributed by atoms with Crippen LogP contribution in [0.1, 0.15) is 46.8 Å². The van der Waals surface area contributed by atoms with Crippen LogP contribution in [0.15, 0.2) is 41.6 Å². The maximum absolute atomic E-state index is 13.2. The number of anilines is 1. The summed E-state index contributed by atoms with van der Waals surface area (Å²) in [6.07, 6.45) is -2.61. The summed E-state index contributed by atoms with van der Waals surface area (Å²) in [5, 5.41) is 11.9. The van der Waals surface area contributed by atoms with Crippen molar-refractivity contribution in [3.63, 3.8) is 0 Å². The molecule has 0 atom stereocenters. The van der Waals surface area contributed by atoms with E-state index in [1.807, 2.05) is 0 Å². The summed E-state index contributed by atoms with van der Waals surface area (Å²) in [6, 6.07) is 9.13. The van der Waals surface area contributed by atoms with Gasteiger partial charge in [0.15, 0.2) is 20.7 Å². The van der Waals surface area contributed by atoms with Crippen LogP contribution in [0.2, 0.25) is 0 Å². The van der Waals surface area contributed by atoms with Gasteiger partial charge in [0.25, 0.3) is 0 Å². The molecule has 35 heavy (non-hydrogen) atoms. The first-order chi connectivity index (χ1) is 16.5. The van der Waals surface area contributed by atoms with Gasteiger partial charge in [-0.05, 0) is 42.2 Å². The molecule has 0 saturated heterocycles. The molecular formula is C23H21F3N4O4S. The number of methoxy groups -OCH3 is 1. The molecule has 0 spiro atoms. The monoisotopic (exact) mass is 506 g/mol. The number of halogens is 3. The van der Waals surface area contributed by atoms with Crippen molar-refractivity contribution >= 4 is 27.3 Å². The first-order valence-corrected chi connectivity index (χ1v) is 12.3. The highest BCUT2D eigenvalue weighted by Crippen LogP contribution is 2.48. The number of hydrogen-bond donors (Lipinski definition) is 1. The molecule has 2 aromatic heterocycles. The van der Waals surface area contributed by atoms with E-state index in [1.54, 1.807) is 18.2 Å². The predicted molar refractivity (Wildman–Crippen MR) is 120 cm³/mol. The van der Waals surface area contributed by atoms with Gasteiger partial charge in [0.2, 0.25) is 0 Å². The Hall–Kier alpha value is -3.59. The second kappa shape index (κ2) is 8.57. The summed E-state index contributed by atoms with van der Waals surface area (Å²) in [7, 11) is -2.77. The Labute approximate surface area is 199 Å². The Morgan fingerprint density at radius 3 is 2.57 bits per heavy atom. The highest BCUT2D eigenvalue weighted by molar-refractivity contribution is 7.91. The molecule has 1 fully saturated rings. The zero-order chi connectivity index (χ0) is 25.6. The number of ether oxygens (including phenoxy) is 1. The zero-order valence-electron chi connectivity index (χ0n) is 18.8. The average molecular weight is 507 g/mol.